The molecule has 0 atom stereocenters. The van der Waals surface area contributed by atoms with Crippen molar-refractivity contribution in [3.05, 3.63) is 0 Å². The van der Waals surface area contributed by atoms with Gasteiger partial charge in [-0.3, -0.25) is 0 Å². The van der Waals surface area contributed by atoms with Gasteiger partial charge >= 0.3 is 0 Å². The molecule has 0 amide bonds. The maximum absolute atomic E-state index is 5.58. The van der Waals surface area contributed by atoms with Crippen LogP contribution in [0.25, 0.3) is 0 Å². The number of nitrogens with two attached hydrogens (primary N) is 1. The van der Waals surface area contributed by atoms with Crippen LogP contribution in [0.1, 0.15) is 44.9 Å². The summed E-state index contributed by atoms with van der Waals surface area (Å²) in [6.07, 6.45) is 9.74. The Kier molecular flexibility index (Phi) is 8.64. The van der Waals surface area contributed by atoms with Crippen LogP contribution in [-0.2, 0) is 0 Å². The van der Waals surface area contributed by atoms with Gasteiger partial charge in [0.15, 0.2) is 0 Å². The highest BCUT2D eigenvalue weighted by atomic mass is 15.3. The second-order valence-corrected chi connectivity index (χ2v) is 6.89. The summed E-state index contributed by atoms with van der Waals surface area (Å²) in [7, 11) is 0. The topological polar surface area (TPSA) is 44.5 Å². The molecule has 21 heavy (non-hydrogen) atoms. The fraction of sp³-hybridized carbons (Fsp3) is 1.00. The second kappa shape index (κ2) is 10.5. The molecule has 0 aromatic heterocycles. The Morgan fingerprint density at radius 1 is 0.857 bits per heavy atom. The molecule has 1 saturated heterocycles. The van der Waals surface area contributed by atoms with Crippen molar-refractivity contribution < 1.29 is 0 Å². The van der Waals surface area contributed by atoms with Gasteiger partial charge in [0.05, 0.1) is 0 Å². The van der Waals surface area contributed by atoms with E-state index in [1.165, 1.54) is 90.9 Å². The van der Waals surface area contributed by atoms with E-state index in [0.29, 0.717) is 0 Å². The van der Waals surface area contributed by atoms with E-state index in [1.807, 2.05) is 0 Å². The standard InChI is InChI=1S/C17H36N4/c18-8-4-10-20-12-14-21(15-13-20)11-5-9-19-16-17-6-2-1-3-7-17/h17,19H,1-16,18H2. The van der Waals surface area contributed by atoms with Gasteiger partial charge in [-0.05, 0) is 64.3 Å². The molecule has 0 unspecified atom stereocenters. The van der Waals surface area contributed by atoms with Crippen LogP contribution in [0.5, 0.6) is 0 Å². The van der Waals surface area contributed by atoms with Gasteiger partial charge in [0.2, 0.25) is 0 Å². The van der Waals surface area contributed by atoms with E-state index >= 15 is 0 Å². The summed E-state index contributed by atoms with van der Waals surface area (Å²) < 4.78 is 0. The molecule has 1 saturated carbocycles. The van der Waals surface area contributed by atoms with Gasteiger partial charge in [-0.2, -0.15) is 0 Å². The van der Waals surface area contributed by atoms with Crippen molar-refractivity contribution in [1.29, 1.82) is 0 Å². The minimum absolute atomic E-state index is 0.826. The number of piperazine rings is 1. The summed E-state index contributed by atoms with van der Waals surface area (Å²) in [5.74, 6) is 0.963. The Morgan fingerprint density at radius 2 is 1.48 bits per heavy atom. The van der Waals surface area contributed by atoms with Crippen LogP contribution in [0.15, 0.2) is 0 Å². The fourth-order valence-corrected chi connectivity index (χ4v) is 3.68. The van der Waals surface area contributed by atoms with E-state index in [9.17, 15) is 0 Å². The number of nitrogens with zero attached hydrogens (tertiary/aromatic N) is 2. The average Bonchev–Trinajstić information content (AvgIpc) is 2.55. The zero-order valence-corrected chi connectivity index (χ0v) is 13.9. The summed E-state index contributed by atoms with van der Waals surface area (Å²) in [5, 5.41) is 3.68. The van der Waals surface area contributed by atoms with Gasteiger partial charge in [-0.1, -0.05) is 19.3 Å². The predicted octanol–water partition coefficient (Wildman–Crippen LogP) is 1.51. The van der Waals surface area contributed by atoms with Crippen LogP contribution in [0, 0.1) is 5.92 Å². The van der Waals surface area contributed by atoms with Crippen LogP contribution in [0.2, 0.25) is 0 Å². The van der Waals surface area contributed by atoms with Crippen LogP contribution >= 0.6 is 0 Å². The summed E-state index contributed by atoms with van der Waals surface area (Å²) in [4.78, 5) is 5.19. The lowest BCUT2D eigenvalue weighted by molar-refractivity contribution is 0.131. The van der Waals surface area contributed by atoms with E-state index in [4.69, 9.17) is 5.73 Å². The Morgan fingerprint density at radius 3 is 2.10 bits per heavy atom. The summed E-state index contributed by atoms with van der Waals surface area (Å²) >= 11 is 0. The van der Waals surface area contributed by atoms with Crippen molar-refractivity contribution in [2.45, 2.75) is 44.9 Å². The molecule has 2 aliphatic rings. The molecular weight excluding hydrogens is 260 g/mol. The zero-order chi connectivity index (χ0) is 14.8. The lowest BCUT2D eigenvalue weighted by atomic mass is 9.89. The van der Waals surface area contributed by atoms with Gasteiger partial charge < -0.3 is 20.9 Å². The molecule has 1 aliphatic carbocycles. The van der Waals surface area contributed by atoms with E-state index in [0.717, 1.165) is 18.9 Å². The lowest BCUT2D eigenvalue weighted by Crippen LogP contribution is -2.47. The third-order valence-electron chi connectivity index (χ3n) is 5.13. The SMILES string of the molecule is NCCCN1CCN(CCCNCC2CCCCC2)CC1. The molecule has 0 aromatic carbocycles. The van der Waals surface area contributed by atoms with Gasteiger partial charge in [-0.25, -0.2) is 0 Å². The quantitative estimate of drug-likeness (QED) is 0.633. The highest BCUT2D eigenvalue weighted by Crippen LogP contribution is 2.22. The Bertz CT molecular complexity index is 245. The summed E-state index contributed by atoms with van der Waals surface area (Å²) in [5.41, 5.74) is 5.58. The molecule has 3 N–H and O–H groups in total. The molecule has 0 aromatic rings. The van der Waals surface area contributed by atoms with Crippen molar-refractivity contribution in [3.8, 4) is 0 Å². The highest BCUT2D eigenvalue weighted by molar-refractivity contribution is 4.72. The number of rotatable bonds is 9. The van der Waals surface area contributed by atoms with E-state index in [1.54, 1.807) is 0 Å². The van der Waals surface area contributed by atoms with Gasteiger partial charge in [0, 0.05) is 26.2 Å². The predicted molar refractivity (Wildman–Crippen MR) is 90.6 cm³/mol. The molecule has 0 bridgehead atoms. The normalized spacial score (nSPS) is 22.7. The number of hydrogen-bond donors (Lipinski definition) is 2. The molecule has 2 rings (SSSR count). The van der Waals surface area contributed by atoms with Crippen LogP contribution < -0.4 is 11.1 Å². The van der Waals surface area contributed by atoms with Crippen molar-refractivity contribution in [1.82, 2.24) is 15.1 Å². The molecule has 2 fully saturated rings. The highest BCUT2D eigenvalue weighted by Gasteiger charge is 2.16. The smallest absolute Gasteiger partial charge is 0.0110 e. The first-order valence-electron chi connectivity index (χ1n) is 9.24. The molecule has 4 nitrogen and oxygen atoms in total. The first-order chi connectivity index (χ1) is 10.4. The van der Waals surface area contributed by atoms with Crippen molar-refractivity contribution in [3.63, 3.8) is 0 Å². The fourth-order valence-electron chi connectivity index (χ4n) is 3.68. The largest absolute Gasteiger partial charge is 0.330 e. The monoisotopic (exact) mass is 296 g/mol. The molecular formula is C17H36N4. The molecule has 0 spiro atoms. The second-order valence-electron chi connectivity index (χ2n) is 6.89. The Balaban J connectivity index is 1.42. The molecule has 0 radical (unpaired) electrons. The van der Waals surface area contributed by atoms with Crippen LogP contribution in [0.3, 0.4) is 0 Å². The van der Waals surface area contributed by atoms with Gasteiger partial charge in [-0.15, -0.1) is 0 Å². The van der Waals surface area contributed by atoms with E-state index < -0.39 is 0 Å². The van der Waals surface area contributed by atoms with Crippen molar-refractivity contribution in [2.24, 2.45) is 11.7 Å². The van der Waals surface area contributed by atoms with E-state index in [2.05, 4.69) is 15.1 Å². The van der Waals surface area contributed by atoms with Gasteiger partial charge in [0.1, 0.15) is 0 Å². The average molecular weight is 297 g/mol. The van der Waals surface area contributed by atoms with Crippen LogP contribution in [0.4, 0.5) is 0 Å². The zero-order valence-electron chi connectivity index (χ0n) is 13.9. The number of hydrogen-bond acceptors (Lipinski definition) is 4. The Hall–Kier alpha value is -0.160. The maximum atomic E-state index is 5.58. The lowest BCUT2D eigenvalue weighted by Gasteiger charge is -2.34. The molecule has 124 valence electrons. The molecule has 1 aliphatic heterocycles. The first-order valence-corrected chi connectivity index (χ1v) is 9.24. The van der Waals surface area contributed by atoms with E-state index in [-0.39, 0.29) is 0 Å². The minimum atomic E-state index is 0.826. The van der Waals surface area contributed by atoms with Crippen molar-refractivity contribution in [2.75, 3.05) is 58.9 Å². The summed E-state index contributed by atoms with van der Waals surface area (Å²) in [6, 6.07) is 0. The van der Waals surface area contributed by atoms with Gasteiger partial charge in [0.25, 0.3) is 0 Å². The summed E-state index contributed by atoms with van der Waals surface area (Å²) in [6.45, 7) is 10.7. The number of nitrogens with one attached hydrogen (secondary N) is 1. The molecule has 1 heterocycles. The first kappa shape index (κ1) is 17.2. The third-order valence-corrected chi connectivity index (χ3v) is 5.13. The van der Waals surface area contributed by atoms with Crippen LogP contribution in [-0.4, -0.2) is 68.7 Å². The Labute approximate surface area is 131 Å². The molecule has 4 heteroatoms. The maximum Gasteiger partial charge on any atom is 0.0110 e. The third kappa shape index (κ3) is 7.09. The minimum Gasteiger partial charge on any atom is -0.330 e. The van der Waals surface area contributed by atoms with Crippen molar-refractivity contribution >= 4 is 0 Å².